The van der Waals surface area contributed by atoms with Gasteiger partial charge in [0.15, 0.2) is 0 Å². The molecule has 118 valence electrons. The maximum Gasteiger partial charge on any atom is 0.285 e. The number of nitro groups is 1. The first-order valence-corrected chi connectivity index (χ1v) is 8.14. The van der Waals surface area contributed by atoms with E-state index in [4.69, 9.17) is 0 Å². The number of rotatable bonds is 2. The number of fused-ring (bicyclic) bond motifs is 1. The van der Waals surface area contributed by atoms with E-state index in [1.807, 2.05) is 4.90 Å². The second-order valence-electron chi connectivity index (χ2n) is 6.48. The summed E-state index contributed by atoms with van der Waals surface area (Å²) in [4.78, 5) is 25.8. The van der Waals surface area contributed by atoms with E-state index in [0.29, 0.717) is 11.5 Å². The molecule has 0 spiro atoms. The number of carbonyl (C=O) groups excluding carboxylic acids is 1. The van der Waals surface area contributed by atoms with Crippen LogP contribution in [-0.4, -0.2) is 28.3 Å². The van der Waals surface area contributed by atoms with Crippen LogP contribution < -0.4 is 0 Å². The number of nitro benzene ring substituents is 1. The average Bonchev–Trinajstić information content (AvgIpc) is 2.53. The first-order chi connectivity index (χ1) is 10.6. The Bertz CT molecular complexity index is 598. The van der Waals surface area contributed by atoms with Gasteiger partial charge in [-0.2, -0.15) is 0 Å². The van der Waals surface area contributed by atoms with Gasteiger partial charge in [0, 0.05) is 18.2 Å². The summed E-state index contributed by atoms with van der Waals surface area (Å²) in [7, 11) is 0. The fraction of sp³-hybridized carbons (Fsp3) is 0.588. The van der Waals surface area contributed by atoms with E-state index in [9.17, 15) is 14.9 Å². The summed E-state index contributed by atoms with van der Waals surface area (Å²) in [5, 5.41) is 11.3. The Morgan fingerprint density at radius 3 is 2.73 bits per heavy atom. The standard InChI is InChI=1S/C17H22N2O3/c1-12-6-4-9-14(16(12)19(21)22)17(20)18-11-5-8-13-7-2-3-10-15(13)18/h4,6,9,13,15H,2-3,5,7-8,10-11H2,1H3/t13-,15+/m1/s1. The SMILES string of the molecule is Cc1cccc(C(=O)N2CCC[C@H]3CCCC[C@@H]32)c1[N+](=O)[O-]. The Kier molecular flexibility index (Phi) is 4.14. The molecule has 2 fully saturated rings. The molecule has 1 heterocycles. The summed E-state index contributed by atoms with van der Waals surface area (Å²) < 4.78 is 0. The molecular formula is C17H22N2O3. The van der Waals surface area contributed by atoms with E-state index < -0.39 is 4.92 Å². The zero-order chi connectivity index (χ0) is 15.7. The van der Waals surface area contributed by atoms with Crippen molar-refractivity contribution in [1.29, 1.82) is 0 Å². The molecule has 0 unspecified atom stereocenters. The number of benzene rings is 1. The molecule has 0 aromatic heterocycles. The normalized spacial score (nSPS) is 24.7. The van der Waals surface area contributed by atoms with Crippen LogP contribution >= 0.6 is 0 Å². The van der Waals surface area contributed by atoms with Gasteiger partial charge in [0.1, 0.15) is 5.56 Å². The molecule has 2 atom stereocenters. The maximum absolute atomic E-state index is 13.0. The van der Waals surface area contributed by atoms with Gasteiger partial charge in [-0.1, -0.05) is 25.0 Å². The molecule has 1 saturated carbocycles. The van der Waals surface area contributed by atoms with Crippen LogP contribution in [0.2, 0.25) is 0 Å². The highest BCUT2D eigenvalue weighted by Gasteiger charge is 2.37. The summed E-state index contributed by atoms with van der Waals surface area (Å²) in [5.74, 6) is 0.419. The van der Waals surface area contributed by atoms with Crippen LogP contribution in [0.1, 0.15) is 54.4 Å². The predicted molar refractivity (Wildman–Crippen MR) is 83.8 cm³/mol. The molecule has 1 amide bonds. The second-order valence-corrected chi connectivity index (χ2v) is 6.48. The van der Waals surface area contributed by atoms with Crippen molar-refractivity contribution in [3.8, 4) is 0 Å². The van der Waals surface area contributed by atoms with Crippen LogP contribution in [-0.2, 0) is 0 Å². The number of hydrogen-bond acceptors (Lipinski definition) is 3. The van der Waals surface area contributed by atoms with Crippen LogP contribution in [0.5, 0.6) is 0 Å². The summed E-state index contributed by atoms with van der Waals surface area (Å²) in [6.07, 6.45) is 6.81. The lowest BCUT2D eigenvalue weighted by Crippen LogP contribution is -2.49. The Morgan fingerprint density at radius 2 is 1.95 bits per heavy atom. The molecule has 1 aliphatic heterocycles. The van der Waals surface area contributed by atoms with Crippen molar-refractivity contribution in [2.24, 2.45) is 5.92 Å². The fourth-order valence-corrected chi connectivity index (χ4v) is 4.11. The molecule has 1 aliphatic carbocycles. The zero-order valence-corrected chi connectivity index (χ0v) is 13.0. The molecular weight excluding hydrogens is 280 g/mol. The van der Waals surface area contributed by atoms with Crippen molar-refractivity contribution in [3.63, 3.8) is 0 Å². The largest absolute Gasteiger partial charge is 0.335 e. The minimum Gasteiger partial charge on any atom is -0.335 e. The van der Waals surface area contributed by atoms with E-state index in [1.54, 1.807) is 25.1 Å². The molecule has 1 saturated heterocycles. The Morgan fingerprint density at radius 1 is 1.23 bits per heavy atom. The third-order valence-electron chi connectivity index (χ3n) is 5.15. The number of aryl methyl sites for hydroxylation is 1. The molecule has 2 aliphatic rings. The first-order valence-electron chi connectivity index (χ1n) is 8.14. The van der Waals surface area contributed by atoms with Gasteiger partial charge in [-0.25, -0.2) is 0 Å². The van der Waals surface area contributed by atoms with Crippen LogP contribution in [0.25, 0.3) is 0 Å². The predicted octanol–water partition coefficient (Wildman–Crippen LogP) is 3.70. The van der Waals surface area contributed by atoms with Crippen LogP contribution in [0.4, 0.5) is 5.69 Å². The minimum absolute atomic E-state index is 0.0366. The zero-order valence-electron chi connectivity index (χ0n) is 13.0. The molecule has 0 radical (unpaired) electrons. The van der Waals surface area contributed by atoms with Gasteiger partial charge >= 0.3 is 0 Å². The molecule has 5 heteroatoms. The first kappa shape index (κ1) is 15.0. The van der Waals surface area contributed by atoms with Crippen molar-refractivity contribution in [3.05, 3.63) is 39.4 Å². The van der Waals surface area contributed by atoms with E-state index in [-0.39, 0.29) is 23.2 Å². The highest BCUT2D eigenvalue weighted by Crippen LogP contribution is 2.37. The van der Waals surface area contributed by atoms with E-state index >= 15 is 0 Å². The third-order valence-corrected chi connectivity index (χ3v) is 5.15. The van der Waals surface area contributed by atoms with Crippen molar-refractivity contribution in [2.75, 3.05) is 6.54 Å². The van der Waals surface area contributed by atoms with E-state index in [1.165, 1.54) is 19.3 Å². The summed E-state index contributed by atoms with van der Waals surface area (Å²) >= 11 is 0. The highest BCUT2D eigenvalue weighted by atomic mass is 16.6. The summed E-state index contributed by atoms with van der Waals surface area (Å²) in [6, 6.07) is 5.29. The van der Waals surface area contributed by atoms with Crippen molar-refractivity contribution in [1.82, 2.24) is 4.90 Å². The number of carbonyl (C=O) groups is 1. The minimum atomic E-state index is -0.426. The van der Waals surface area contributed by atoms with Gasteiger partial charge in [-0.3, -0.25) is 14.9 Å². The van der Waals surface area contributed by atoms with Gasteiger partial charge in [-0.15, -0.1) is 0 Å². The number of piperidine rings is 1. The quantitative estimate of drug-likeness (QED) is 0.618. The molecule has 22 heavy (non-hydrogen) atoms. The lowest BCUT2D eigenvalue weighted by molar-refractivity contribution is -0.385. The molecule has 3 rings (SSSR count). The molecule has 1 aromatic rings. The fourth-order valence-electron chi connectivity index (χ4n) is 4.11. The van der Waals surface area contributed by atoms with E-state index in [2.05, 4.69) is 0 Å². The Hall–Kier alpha value is -1.91. The number of likely N-dealkylation sites (tertiary alicyclic amines) is 1. The lowest BCUT2D eigenvalue weighted by Gasteiger charge is -2.44. The van der Waals surface area contributed by atoms with Crippen LogP contribution in [0, 0.1) is 23.0 Å². The lowest BCUT2D eigenvalue weighted by atomic mass is 9.78. The van der Waals surface area contributed by atoms with Crippen LogP contribution in [0.3, 0.4) is 0 Å². The van der Waals surface area contributed by atoms with Crippen LogP contribution in [0.15, 0.2) is 18.2 Å². The number of hydrogen-bond donors (Lipinski definition) is 0. The monoisotopic (exact) mass is 302 g/mol. The Balaban J connectivity index is 1.93. The average molecular weight is 302 g/mol. The topological polar surface area (TPSA) is 63.5 Å². The third kappa shape index (κ3) is 2.60. The molecule has 1 aromatic carbocycles. The smallest absolute Gasteiger partial charge is 0.285 e. The van der Waals surface area contributed by atoms with Gasteiger partial charge in [-0.05, 0) is 44.6 Å². The van der Waals surface area contributed by atoms with Crippen molar-refractivity contribution >= 4 is 11.6 Å². The van der Waals surface area contributed by atoms with Gasteiger partial charge < -0.3 is 4.90 Å². The molecule has 0 bridgehead atoms. The van der Waals surface area contributed by atoms with Gasteiger partial charge in [0.25, 0.3) is 11.6 Å². The van der Waals surface area contributed by atoms with Crippen molar-refractivity contribution in [2.45, 2.75) is 51.5 Å². The van der Waals surface area contributed by atoms with E-state index in [0.717, 1.165) is 25.8 Å². The number of para-hydroxylation sites is 1. The number of amides is 1. The summed E-state index contributed by atoms with van der Waals surface area (Å²) in [5.41, 5.74) is 0.759. The Labute approximate surface area is 130 Å². The van der Waals surface area contributed by atoms with Crippen molar-refractivity contribution < 1.29 is 9.72 Å². The second kappa shape index (κ2) is 6.07. The molecule has 5 nitrogen and oxygen atoms in total. The van der Waals surface area contributed by atoms with Gasteiger partial charge in [0.05, 0.1) is 4.92 Å². The maximum atomic E-state index is 13.0. The summed E-state index contributed by atoms with van der Waals surface area (Å²) in [6.45, 7) is 2.42. The highest BCUT2D eigenvalue weighted by molar-refractivity contribution is 5.99. The number of nitrogens with zero attached hydrogens (tertiary/aromatic N) is 2. The molecule has 0 N–H and O–H groups in total. The van der Waals surface area contributed by atoms with Gasteiger partial charge in [0.2, 0.25) is 0 Å².